The van der Waals surface area contributed by atoms with Gasteiger partial charge < -0.3 is 4.90 Å². The lowest BCUT2D eigenvalue weighted by molar-refractivity contribution is 0.505. The first-order chi connectivity index (χ1) is 5.16. The molecule has 0 aromatic heterocycles. The van der Waals surface area contributed by atoms with E-state index in [1.807, 2.05) is 26.0 Å². The summed E-state index contributed by atoms with van der Waals surface area (Å²) in [4.78, 5) is 2.00. The van der Waals surface area contributed by atoms with Gasteiger partial charge in [0.1, 0.15) is 0 Å². The van der Waals surface area contributed by atoms with Crippen molar-refractivity contribution in [1.29, 1.82) is 0 Å². The van der Waals surface area contributed by atoms with Crippen molar-refractivity contribution in [3.05, 3.63) is 12.2 Å². The molecule has 0 atom stereocenters. The van der Waals surface area contributed by atoms with Gasteiger partial charge in [0.15, 0.2) is 0 Å². The highest BCUT2D eigenvalue weighted by atomic mass is 35.5. The molecule has 0 saturated heterocycles. The van der Waals surface area contributed by atoms with Crippen LogP contribution in [-0.4, -0.2) is 26.0 Å². The van der Waals surface area contributed by atoms with Crippen molar-refractivity contribution < 1.29 is 0 Å². The number of nitrogens with zero attached hydrogens (tertiary/aromatic N) is 1. The third-order valence-electron chi connectivity index (χ3n) is 1.36. The first kappa shape index (κ1) is 14.5. The van der Waals surface area contributed by atoms with Crippen molar-refractivity contribution in [2.75, 3.05) is 21.1 Å². The Hall–Kier alpha value is -0.0100. The van der Waals surface area contributed by atoms with E-state index in [4.69, 9.17) is 0 Å². The van der Waals surface area contributed by atoms with Crippen LogP contribution in [0.5, 0.6) is 0 Å². The van der Waals surface area contributed by atoms with Gasteiger partial charge in [0, 0.05) is 0 Å². The zero-order valence-corrected chi connectivity index (χ0v) is 9.53. The van der Waals surface area contributed by atoms with Gasteiger partial charge in [0.2, 0.25) is 0 Å². The molecule has 0 bridgehead atoms. The van der Waals surface area contributed by atoms with E-state index in [0.717, 1.165) is 5.92 Å². The van der Waals surface area contributed by atoms with Crippen LogP contribution in [0.15, 0.2) is 12.2 Å². The molecule has 0 heterocycles. The fourth-order valence-electron chi connectivity index (χ4n) is 0.711. The highest BCUT2D eigenvalue weighted by Gasteiger charge is 2.07. The Morgan fingerprint density at radius 2 is 1.58 bits per heavy atom. The molecule has 0 radical (unpaired) electrons. The Kier molecular flexibility index (Phi) is 11.0. The molecule has 0 amide bonds. The third kappa shape index (κ3) is 16.5. The predicted molar refractivity (Wildman–Crippen MR) is 59.0 cm³/mol. The van der Waals surface area contributed by atoms with E-state index in [-0.39, 0.29) is 12.4 Å². The van der Waals surface area contributed by atoms with Gasteiger partial charge in [-0.25, -0.2) is 0 Å². The monoisotopic (exact) mass is 191 g/mol. The summed E-state index contributed by atoms with van der Waals surface area (Å²) in [5, 5.41) is 0. The van der Waals surface area contributed by atoms with Crippen LogP contribution in [-0.2, 0) is 0 Å². The van der Waals surface area contributed by atoms with Crippen molar-refractivity contribution in [3.63, 3.8) is 0 Å². The molecule has 0 spiro atoms. The van der Waals surface area contributed by atoms with E-state index < -0.39 is 0 Å². The third-order valence-corrected chi connectivity index (χ3v) is 1.36. The summed E-state index contributed by atoms with van der Waals surface area (Å²) < 4.78 is 0. The van der Waals surface area contributed by atoms with E-state index in [0.29, 0.717) is 0 Å². The molecule has 1 rings (SSSR count). The van der Waals surface area contributed by atoms with Crippen molar-refractivity contribution in [2.24, 2.45) is 5.92 Å². The average Bonchev–Trinajstić information content (AvgIpc) is 2.64. The molecule has 1 nitrogen and oxygen atoms in total. The number of allylic oxidation sites excluding steroid dienone is 2. The summed E-state index contributed by atoms with van der Waals surface area (Å²) >= 11 is 0. The van der Waals surface area contributed by atoms with E-state index >= 15 is 0 Å². The maximum absolute atomic E-state index is 2.27. The molecule has 0 saturated carbocycles. The molecule has 0 aromatic carbocycles. The van der Waals surface area contributed by atoms with E-state index in [9.17, 15) is 0 Å². The molecular formula is C10H22ClN. The van der Waals surface area contributed by atoms with Gasteiger partial charge >= 0.3 is 0 Å². The van der Waals surface area contributed by atoms with Crippen LogP contribution >= 0.6 is 12.4 Å². The number of hydrogen-bond donors (Lipinski definition) is 0. The lowest BCUT2D eigenvalue weighted by atomic mass is 10.2. The maximum Gasteiger partial charge on any atom is -0.00531 e. The van der Waals surface area contributed by atoms with Crippen LogP contribution in [0.3, 0.4) is 0 Å². The molecule has 12 heavy (non-hydrogen) atoms. The lowest BCUT2D eigenvalue weighted by Crippen LogP contribution is -1.99. The lowest BCUT2D eigenvalue weighted by Gasteiger charge is -1.90. The van der Waals surface area contributed by atoms with Gasteiger partial charge in [-0.05, 0) is 33.5 Å². The molecular weight excluding hydrogens is 170 g/mol. The fourth-order valence-corrected chi connectivity index (χ4v) is 0.711. The van der Waals surface area contributed by atoms with E-state index in [2.05, 4.69) is 19.1 Å². The zero-order valence-electron chi connectivity index (χ0n) is 8.71. The van der Waals surface area contributed by atoms with Gasteiger partial charge in [-0.2, -0.15) is 0 Å². The predicted octanol–water partition coefficient (Wildman–Crippen LogP) is 2.96. The molecule has 0 aliphatic heterocycles. The minimum absolute atomic E-state index is 0. The van der Waals surface area contributed by atoms with Gasteiger partial charge in [-0.15, -0.1) is 12.4 Å². The Morgan fingerprint density at radius 3 is 1.83 bits per heavy atom. The summed E-state index contributed by atoms with van der Waals surface area (Å²) in [6.07, 6.45) is 8.69. The largest absolute Gasteiger partial charge is 0.312 e. The van der Waals surface area contributed by atoms with Crippen LogP contribution in [0.4, 0.5) is 0 Å². The Bertz CT molecular complexity index is 102. The minimum Gasteiger partial charge on any atom is -0.312 e. The Morgan fingerprint density at radius 1 is 1.17 bits per heavy atom. The number of halogens is 1. The van der Waals surface area contributed by atoms with Gasteiger partial charge in [0.05, 0.1) is 0 Å². The molecule has 0 aromatic rings. The normalized spacial score (nSPS) is 13.4. The van der Waals surface area contributed by atoms with Crippen LogP contribution in [0, 0.1) is 5.92 Å². The summed E-state index contributed by atoms with van der Waals surface area (Å²) in [5.41, 5.74) is 0. The van der Waals surface area contributed by atoms with Crippen LogP contribution in [0.1, 0.15) is 26.2 Å². The Labute approximate surface area is 83.2 Å². The van der Waals surface area contributed by atoms with E-state index in [1.54, 1.807) is 0 Å². The van der Waals surface area contributed by atoms with Crippen molar-refractivity contribution >= 4 is 12.4 Å². The summed E-state index contributed by atoms with van der Waals surface area (Å²) in [5.74, 6) is 0.903. The second-order valence-electron chi connectivity index (χ2n) is 3.53. The zero-order chi connectivity index (χ0) is 8.69. The summed E-state index contributed by atoms with van der Waals surface area (Å²) in [7, 11) is 6.00. The minimum atomic E-state index is 0. The number of unbranched alkanes of at least 4 members (excludes halogenated alkanes) is 1. The number of hydrogen-bond acceptors (Lipinski definition) is 1. The van der Waals surface area contributed by atoms with Gasteiger partial charge in [-0.3, -0.25) is 0 Å². The summed E-state index contributed by atoms with van der Waals surface area (Å²) in [6.45, 7) is 2.24. The second kappa shape index (κ2) is 9.08. The summed E-state index contributed by atoms with van der Waals surface area (Å²) in [6, 6.07) is 0. The highest BCUT2D eigenvalue weighted by Crippen LogP contribution is 2.21. The standard InChI is InChI=1S/C7H12.C3H9N.ClH/c1-2-3-4-7-5-6-7;1-4(2)3;/h5-7H,2-4H2,1H3;1-3H3;1H. The molecule has 74 valence electrons. The van der Waals surface area contributed by atoms with Crippen LogP contribution in [0.2, 0.25) is 0 Å². The molecule has 1 aliphatic rings. The maximum atomic E-state index is 2.27. The van der Waals surface area contributed by atoms with Crippen molar-refractivity contribution in [1.82, 2.24) is 4.90 Å². The molecule has 0 N–H and O–H groups in total. The first-order valence-electron chi connectivity index (χ1n) is 4.46. The van der Waals surface area contributed by atoms with E-state index in [1.165, 1.54) is 19.3 Å². The first-order valence-corrected chi connectivity index (χ1v) is 4.46. The second-order valence-corrected chi connectivity index (χ2v) is 3.53. The molecule has 2 heteroatoms. The average molecular weight is 192 g/mol. The van der Waals surface area contributed by atoms with Gasteiger partial charge in [-0.1, -0.05) is 31.9 Å². The molecule has 1 aliphatic carbocycles. The van der Waals surface area contributed by atoms with Crippen LogP contribution < -0.4 is 0 Å². The van der Waals surface area contributed by atoms with Gasteiger partial charge in [0.25, 0.3) is 0 Å². The SMILES string of the molecule is CCCCC1C=C1.CN(C)C.Cl. The fraction of sp³-hybridized carbons (Fsp3) is 0.800. The molecule has 0 unspecified atom stereocenters. The molecule has 0 fully saturated rings. The van der Waals surface area contributed by atoms with Crippen molar-refractivity contribution in [2.45, 2.75) is 26.2 Å². The Balaban J connectivity index is 0. The smallest absolute Gasteiger partial charge is 0.00531 e. The van der Waals surface area contributed by atoms with Crippen molar-refractivity contribution in [3.8, 4) is 0 Å². The topological polar surface area (TPSA) is 3.24 Å². The highest BCUT2D eigenvalue weighted by molar-refractivity contribution is 5.85. The number of rotatable bonds is 3. The quantitative estimate of drug-likeness (QED) is 0.621. The van der Waals surface area contributed by atoms with Crippen LogP contribution in [0.25, 0.3) is 0 Å².